The van der Waals surface area contributed by atoms with Crippen LogP contribution in [0.25, 0.3) is 0 Å². The Morgan fingerprint density at radius 2 is 1.17 bits per heavy atom. The minimum absolute atomic E-state index is 0.617. The second kappa shape index (κ2) is 16.8. The summed E-state index contributed by atoms with van der Waals surface area (Å²) in [5, 5.41) is 8.09. The normalized spacial score (nSPS) is 10.9. The predicted octanol–water partition coefficient (Wildman–Crippen LogP) is 4.58. The van der Waals surface area contributed by atoms with Crippen LogP contribution in [0.1, 0.15) is 12.8 Å². The number of rotatable bonds is 17. The van der Waals surface area contributed by atoms with E-state index in [9.17, 15) is 0 Å². The third-order valence-corrected chi connectivity index (χ3v) is 6.56. The van der Waals surface area contributed by atoms with Crippen molar-refractivity contribution in [1.82, 2.24) is 20.6 Å². The quantitative estimate of drug-likeness (QED) is 0.246. The van der Waals surface area contributed by atoms with Gasteiger partial charge >= 0.3 is 0 Å². The second-order valence-electron chi connectivity index (χ2n) is 6.18. The maximum absolute atomic E-state index is 5.79. The number of halogens is 2. The molecule has 0 unspecified atom stereocenters. The van der Waals surface area contributed by atoms with Crippen molar-refractivity contribution in [3.63, 3.8) is 0 Å². The summed E-state index contributed by atoms with van der Waals surface area (Å²) in [5.41, 5.74) is 0. The molecule has 30 heavy (non-hydrogen) atoms. The third-order valence-electron chi connectivity index (χ3n) is 3.70. The molecule has 0 aromatic carbocycles. The molecule has 0 amide bonds. The van der Waals surface area contributed by atoms with E-state index in [1.165, 1.54) is 0 Å². The lowest BCUT2D eigenvalue weighted by Gasteiger charge is -2.07. The number of nitrogens with one attached hydrogen (secondary N) is 2. The lowest BCUT2D eigenvalue weighted by molar-refractivity contribution is 0.297. The van der Waals surface area contributed by atoms with Crippen molar-refractivity contribution in [2.45, 2.75) is 12.8 Å². The van der Waals surface area contributed by atoms with Crippen LogP contribution in [0.2, 0.25) is 10.0 Å². The van der Waals surface area contributed by atoms with E-state index in [2.05, 4.69) is 20.6 Å². The molecule has 0 spiro atoms. The molecule has 0 radical (unpaired) electrons. The molecular weight excluding hydrogens is 463 g/mol. The van der Waals surface area contributed by atoms with E-state index in [4.69, 9.17) is 32.7 Å². The minimum atomic E-state index is 0.617. The molecule has 2 heterocycles. The first kappa shape index (κ1) is 25.4. The van der Waals surface area contributed by atoms with Crippen molar-refractivity contribution in [1.29, 1.82) is 0 Å². The molecule has 2 N–H and O–H groups in total. The van der Waals surface area contributed by atoms with Crippen molar-refractivity contribution in [2.75, 3.05) is 50.9 Å². The van der Waals surface area contributed by atoms with Crippen molar-refractivity contribution in [3.05, 3.63) is 46.7 Å². The van der Waals surface area contributed by atoms with Crippen LogP contribution in [0.5, 0.6) is 11.8 Å². The van der Waals surface area contributed by atoms with Gasteiger partial charge in [0, 0.05) is 49.1 Å². The van der Waals surface area contributed by atoms with Crippen LogP contribution in [0.15, 0.2) is 36.7 Å². The van der Waals surface area contributed by atoms with E-state index in [-0.39, 0.29) is 0 Å². The Balaban J connectivity index is 1.27. The Kier molecular flexibility index (Phi) is 14.2. The number of ether oxygens (including phenoxy) is 2. The monoisotopic (exact) mass is 490 g/mol. The molecule has 0 atom stereocenters. The number of nitrogens with zero attached hydrogens (tertiary/aromatic N) is 2. The fourth-order valence-electron chi connectivity index (χ4n) is 2.24. The Hall–Kier alpha value is -0.900. The lowest BCUT2D eigenvalue weighted by atomic mass is 10.4. The van der Waals surface area contributed by atoms with E-state index >= 15 is 0 Å². The van der Waals surface area contributed by atoms with Crippen LogP contribution < -0.4 is 20.1 Å². The van der Waals surface area contributed by atoms with Gasteiger partial charge < -0.3 is 20.1 Å². The summed E-state index contributed by atoms with van der Waals surface area (Å²) >= 11 is 11.6. The Morgan fingerprint density at radius 3 is 1.57 bits per heavy atom. The highest BCUT2D eigenvalue weighted by atomic mass is 35.5. The average Bonchev–Trinajstić information content (AvgIpc) is 2.76. The zero-order chi connectivity index (χ0) is 21.3. The topological polar surface area (TPSA) is 68.3 Å². The van der Waals surface area contributed by atoms with Gasteiger partial charge in [-0.25, -0.2) is 9.97 Å². The molecule has 0 saturated heterocycles. The molecule has 2 rings (SSSR count). The minimum Gasteiger partial charge on any atom is -0.478 e. The number of hydrogen-bond acceptors (Lipinski definition) is 8. The number of hydrogen-bond donors (Lipinski definition) is 2. The van der Waals surface area contributed by atoms with Gasteiger partial charge in [0.05, 0.1) is 23.3 Å². The molecule has 0 aliphatic carbocycles. The van der Waals surface area contributed by atoms with E-state index in [1.54, 1.807) is 36.7 Å². The summed E-state index contributed by atoms with van der Waals surface area (Å²) < 4.78 is 11.1. The second-order valence-corrected chi connectivity index (χ2v) is 9.75. The van der Waals surface area contributed by atoms with Crippen molar-refractivity contribution in [2.24, 2.45) is 0 Å². The molecule has 10 heteroatoms. The lowest BCUT2D eigenvalue weighted by Crippen LogP contribution is -2.21. The Bertz CT molecular complexity index is 622. The van der Waals surface area contributed by atoms with Crippen molar-refractivity contribution in [3.8, 4) is 11.8 Å². The van der Waals surface area contributed by atoms with Gasteiger partial charge in [-0.05, 0) is 38.1 Å². The molecule has 166 valence electrons. The molecule has 0 bridgehead atoms. The van der Waals surface area contributed by atoms with Crippen LogP contribution in [-0.4, -0.2) is 60.9 Å². The Labute approximate surface area is 196 Å². The van der Waals surface area contributed by atoms with Gasteiger partial charge in [-0.1, -0.05) is 44.8 Å². The third kappa shape index (κ3) is 12.7. The highest BCUT2D eigenvalue weighted by molar-refractivity contribution is 8.76. The van der Waals surface area contributed by atoms with Crippen LogP contribution >= 0.6 is 44.8 Å². The molecule has 2 aromatic heterocycles. The smallest absolute Gasteiger partial charge is 0.213 e. The largest absolute Gasteiger partial charge is 0.478 e. The first-order valence-corrected chi connectivity index (χ1v) is 13.1. The van der Waals surface area contributed by atoms with Gasteiger partial charge in [-0.3, -0.25) is 0 Å². The maximum atomic E-state index is 5.79. The molecule has 2 aromatic rings. The van der Waals surface area contributed by atoms with Gasteiger partial charge in [0.15, 0.2) is 0 Å². The van der Waals surface area contributed by atoms with E-state index in [0.29, 0.717) is 35.0 Å². The fraction of sp³-hybridized carbons (Fsp3) is 0.500. The first-order valence-electron chi connectivity index (χ1n) is 9.88. The highest BCUT2D eigenvalue weighted by Crippen LogP contribution is 2.19. The molecule has 0 aliphatic rings. The average molecular weight is 492 g/mol. The van der Waals surface area contributed by atoms with Crippen LogP contribution in [0.3, 0.4) is 0 Å². The van der Waals surface area contributed by atoms with E-state index in [0.717, 1.165) is 50.5 Å². The van der Waals surface area contributed by atoms with Gasteiger partial charge in [-0.2, -0.15) is 0 Å². The molecular formula is C20H28Cl2N4O2S2. The molecule has 0 fully saturated rings. The van der Waals surface area contributed by atoms with E-state index in [1.807, 2.05) is 21.6 Å². The molecule has 0 aliphatic heterocycles. The summed E-state index contributed by atoms with van der Waals surface area (Å²) in [4.78, 5) is 8.20. The zero-order valence-corrected chi connectivity index (χ0v) is 20.0. The summed E-state index contributed by atoms with van der Waals surface area (Å²) in [7, 11) is 3.80. The van der Waals surface area contributed by atoms with Gasteiger partial charge in [0.25, 0.3) is 0 Å². The molecule has 0 saturated carbocycles. The first-order chi connectivity index (χ1) is 14.7. The maximum Gasteiger partial charge on any atom is 0.213 e. The fourth-order valence-corrected chi connectivity index (χ4v) is 4.36. The zero-order valence-electron chi connectivity index (χ0n) is 16.8. The summed E-state index contributed by atoms with van der Waals surface area (Å²) in [6.07, 6.45) is 5.08. The number of pyridine rings is 2. The van der Waals surface area contributed by atoms with Gasteiger partial charge in [-0.15, -0.1) is 0 Å². The van der Waals surface area contributed by atoms with Crippen molar-refractivity contribution < 1.29 is 9.47 Å². The SMILES string of the molecule is Clc1ccc(OCCCNCCSSCCNCCCOc2ccc(Cl)cn2)nc1. The van der Waals surface area contributed by atoms with Crippen LogP contribution in [0.4, 0.5) is 0 Å². The summed E-state index contributed by atoms with van der Waals surface area (Å²) in [5.74, 6) is 3.41. The summed E-state index contributed by atoms with van der Waals surface area (Å²) in [6.45, 7) is 5.18. The van der Waals surface area contributed by atoms with Crippen LogP contribution in [-0.2, 0) is 0 Å². The van der Waals surface area contributed by atoms with E-state index < -0.39 is 0 Å². The van der Waals surface area contributed by atoms with Crippen molar-refractivity contribution >= 4 is 44.8 Å². The summed E-state index contributed by atoms with van der Waals surface area (Å²) in [6, 6.07) is 7.12. The highest BCUT2D eigenvalue weighted by Gasteiger charge is 1.97. The van der Waals surface area contributed by atoms with Gasteiger partial charge in [0.2, 0.25) is 11.8 Å². The molecule has 6 nitrogen and oxygen atoms in total. The Morgan fingerprint density at radius 1 is 0.700 bits per heavy atom. The standard InChI is InChI=1S/C20H28Cl2N4O2S2/c21-17-3-5-19(25-15-17)27-11-1-7-23-9-13-29-30-14-10-24-8-2-12-28-20-6-4-18(22)16-26-20/h3-6,15-16,23-24H,1-2,7-14H2. The predicted molar refractivity (Wildman–Crippen MR) is 129 cm³/mol. The van der Waals surface area contributed by atoms with Gasteiger partial charge in [0.1, 0.15) is 0 Å². The number of aromatic nitrogens is 2. The van der Waals surface area contributed by atoms with Crippen LogP contribution in [0, 0.1) is 0 Å².